The molecule has 2 aromatic rings. The van der Waals surface area contributed by atoms with Gasteiger partial charge in [0, 0.05) is 24.4 Å². The highest BCUT2D eigenvalue weighted by Crippen LogP contribution is 2.36. The number of quaternary nitrogens is 1. The molecular formula is C22H27N2O3+. The van der Waals surface area contributed by atoms with Gasteiger partial charge in [0.2, 0.25) is 0 Å². The lowest BCUT2D eigenvalue weighted by atomic mass is 9.83. The summed E-state index contributed by atoms with van der Waals surface area (Å²) in [5.41, 5.74) is 0.815. The van der Waals surface area contributed by atoms with Crippen LogP contribution in [0.25, 0.3) is 0 Å². The van der Waals surface area contributed by atoms with Gasteiger partial charge in [-0.25, -0.2) is 4.79 Å². The molecule has 3 aliphatic rings. The van der Waals surface area contributed by atoms with Gasteiger partial charge in [0.1, 0.15) is 12.3 Å². The Bertz CT molecular complexity index is 764. The Morgan fingerprint density at radius 2 is 2.00 bits per heavy atom. The second-order valence-corrected chi connectivity index (χ2v) is 7.70. The average molecular weight is 367 g/mol. The van der Waals surface area contributed by atoms with Gasteiger partial charge >= 0.3 is 6.09 Å². The van der Waals surface area contributed by atoms with Crippen LogP contribution in [0.1, 0.15) is 18.6 Å². The Kier molecular flexibility index (Phi) is 5.03. The minimum Gasteiger partial charge on any atom is -0.467 e. The highest BCUT2D eigenvalue weighted by Gasteiger charge is 2.47. The average Bonchev–Trinajstić information content (AvgIpc) is 3.21. The van der Waals surface area contributed by atoms with Crippen molar-refractivity contribution in [2.45, 2.75) is 25.5 Å². The van der Waals surface area contributed by atoms with Gasteiger partial charge in [-0.1, -0.05) is 24.8 Å². The smallest absolute Gasteiger partial charge is 0.415 e. The van der Waals surface area contributed by atoms with Crippen molar-refractivity contribution in [3.8, 4) is 0 Å². The van der Waals surface area contributed by atoms with Gasteiger partial charge in [0.05, 0.1) is 32.4 Å². The minimum atomic E-state index is -0.298. The summed E-state index contributed by atoms with van der Waals surface area (Å²) in [6.07, 6.45) is 5.54. The largest absolute Gasteiger partial charge is 0.467 e. The Balaban J connectivity index is 1.51. The molecule has 142 valence electrons. The van der Waals surface area contributed by atoms with Crippen LogP contribution >= 0.6 is 0 Å². The van der Waals surface area contributed by atoms with E-state index >= 15 is 0 Å². The number of benzene rings is 1. The Morgan fingerprint density at radius 3 is 2.67 bits per heavy atom. The third kappa shape index (κ3) is 3.78. The Hall–Kier alpha value is -2.53. The van der Waals surface area contributed by atoms with E-state index in [2.05, 4.69) is 6.58 Å². The van der Waals surface area contributed by atoms with E-state index in [9.17, 15) is 4.79 Å². The van der Waals surface area contributed by atoms with Crippen molar-refractivity contribution >= 4 is 11.8 Å². The number of amides is 1. The molecule has 3 saturated heterocycles. The van der Waals surface area contributed by atoms with Crippen LogP contribution in [0.3, 0.4) is 0 Å². The summed E-state index contributed by atoms with van der Waals surface area (Å²) in [5.74, 6) is 1.21. The highest BCUT2D eigenvalue weighted by atomic mass is 16.6. The molecular weight excluding hydrogens is 340 g/mol. The summed E-state index contributed by atoms with van der Waals surface area (Å²) in [6, 6.07) is 13.4. The van der Waals surface area contributed by atoms with Crippen molar-refractivity contribution in [3.05, 3.63) is 67.1 Å². The van der Waals surface area contributed by atoms with Gasteiger partial charge in [-0.2, -0.15) is 0 Å². The molecule has 1 aromatic carbocycles. The first kappa shape index (κ1) is 17.9. The molecule has 2 bridgehead atoms. The number of rotatable bonds is 6. The maximum absolute atomic E-state index is 13.1. The first-order valence-electron chi connectivity index (χ1n) is 9.71. The number of nitrogens with zero attached hydrogens (tertiary/aromatic N) is 2. The highest BCUT2D eigenvalue weighted by molar-refractivity contribution is 5.87. The molecule has 0 unspecified atom stereocenters. The third-order valence-corrected chi connectivity index (χ3v) is 5.99. The van der Waals surface area contributed by atoms with E-state index in [0.29, 0.717) is 12.5 Å². The molecule has 0 saturated carbocycles. The molecule has 3 aliphatic heterocycles. The van der Waals surface area contributed by atoms with E-state index in [0.717, 1.165) is 41.9 Å². The molecule has 4 heterocycles. The second-order valence-electron chi connectivity index (χ2n) is 7.70. The molecule has 1 aromatic heterocycles. The fourth-order valence-corrected chi connectivity index (χ4v) is 4.51. The number of hydrogen-bond donors (Lipinski definition) is 0. The van der Waals surface area contributed by atoms with E-state index in [1.54, 1.807) is 11.2 Å². The Labute approximate surface area is 160 Å². The molecule has 3 fully saturated rings. The maximum Gasteiger partial charge on any atom is 0.415 e. The maximum atomic E-state index is 13.1. The molecule has 5 heteroatoms. The summed E-state index contributed by atoms with van der Waals surface area (Å²) >= 11 is 0. The number of hydrogen-bond acceptors (Lipinski definition) is 3. The van der Waals surface area contributed by atoms with Crippen LogP contribution in [0.2, 0.25) is 0 Å². The predicted molar refractivity (Wildman–Crippen MR) is 104 cm³/mol. The van der Waals surface area contributed by atoms with Gasteiger partial charge in [-0.15, -0.1) is 0 Å². The number of anilines is 1. The van der Waals surface area contributed by atoms with E-state index in [1.165, 1.54) is 13.1 Å². The summed E-state index contributed by atoms with van der Waals surface area (Å²) in [6.45, 7) is 8.46. The molecule has 5 rings (SSSR count). The molecule has 0 aliphatic carbocycles. The molecule has 27 heavy (non-hydrogen) atoms. The zero-order valence-corrected chi connectivity index (χ0v) is 15.6. The molecule has 0 radical (unpaired) electrons. The van der Waals surface area contributed by atoms with Crippen molar-refractivity contribution < 1.29 is 18.4 Å². The van der Waals surface area contributed by atoms with Crippen molar-refractivity contribution in [1.82, 2.24) is 0 Å². The van der Waals surface area contributed by atoms with Gasteiger partial charge in [0.25, 0.3) is 0 Å². The summed E-state index contributed by atoms with van der Waals surface area (Å²) < 4.78 is 12.5. The first-order chi connectivity index (χ1) is 13.2. The summed E-state index contributed by atoms with van der Waals surface area (Å²) in [7, 11) is 0. The van der Waals surface area contributed by atoms with Crippen LogP contribution in [0.15, 0.2) is 65.8 Å². The quantitative estimate of drug-likeness (QED) is 0.567. The number of carbonyl (C=O) groups excluding carboxylic acids is 1. The number of carbonyl (C=O) groups is 1. The van der Waals surface area contributed by atoms with Gasteiger partial charge in [-0.3, -0.25) is 4.90 Å². The van der Waals surface area contributed by atoms with Gasteiger partial charge in [-0.05, 0) is 30.3 Å². The SMILES string of the molecule is C=CC[N+]12CCC(CC1)[C@@H](OC(=O)N(Cc1ccco1)c1ccccc1)C2. The molecule has 0 N–H and O–H groups in total. The van der Waals surface area contributed by atoms with Crippen LogP contribution < -0.4 is 4.90 Å². The van der Waals surface area contributed by atoms with Crippen molar-refractivity contribution in [3.63, 3.8) is 0 Å². The zero-order valence-electron chi connectivity index (χ0n) is 15.6. The van der Waals surface area contributed by atoms with Crippen LogP contribution in [-0.4, -0.2) is 42.9 Å². The van der Waals surface area contributed by atoms with Crippen LogP contribution in [0.4, 0.5) is 10.5 Å². The molecule has 1 amide bonds. The fourth-order valence-electron chi connectivity index (χ4n) is 4.51. The summed E-state index contributed by atoms with van der Waals surface area (Å²) in [5, 5.41) is 0. The van der Waals surface area contributed by atoms with Gasteiger partial charge < -0.3 is 13.6 Å². The van der Waals surface area contributed by atoms with E-state index in [4.69, 9.17) is 9.15 Å². The lowest BCUT2D eigenvalue weighted by Crippen LogP contribution is -2.64. The summed E-state index contributed by atoms with van der Waals surface area (Å²) in [4.78, 5) is 14.8. The topological polar surface area (TPSA) is 42.7 Å². The molecule has 5 nitrogen and oxygen atoms in total. The number of fused-ring (bicyclic) bond motifs is 3. The number of para-hydroxylation sites is 1. The third-order valence-electron chi connectivity index (χ3n) is 5.99. The van der Waals surface area contributed by atoms with Crippen molar-refractivity contribution in [1.29, 1.82) is 0 Å². The zero-order chi connectivity index (χ0) is 18.7. The first-order valence-corrected chi connectivity index (χ1v) is 9.71. The van der Waals surface area contributed by atoms with E-state index < -0.39 is 0 Å². The monoisotopic (exact) mass is 367 g/mol. The van der Waals surface area contributed by atoms with E-state index in [1.807, 2.05) is 48.5 Å². The number of furan rings is 1. The lowest BCUT2D eigenvalue weighted by Gasteiger charge is -2.51. The second kappa shape index (κ2) is 7.61. The normalized spacial score (nSPS) is 26.5. The van der Waals surface area contributed by atoms with E-state index in [-0.39, 0.29) is 12.2 Å². The number of piperidine rings is 3. The van der Waals surface area contributed by atoms with Gasteiger partial charge in [0.15, 0.2) is 6.10 Å². The Morgan fingerprint density at radius 1 is 1.22 bits per heavy atom. The fraction of sp³-hybridized carbons (Fsp3) is 0.409. The standard InChI is InChI=1S/C22H27N2O3/c1-2-12-24-13-10-18(11-14-24)21(17-24)27-22(25)23(16-20-9-6-15-26-20)19-7-4-3-5-8-19/h2-9,15,18,21H,1,10-14,16-17H2/q+1/t18?,21-,24?/m0/s1. The number of ether oxygens (including phenoxy) is 1. The van der Waals surface area contributed by atoms with Crippen molar-refractivity contribution in [2.24, 2.45) is 5.92 Å². The van der Waals surface area contributed by atoms with Crippen molar-refractivity contribution in [2.75, 3.05) is 31.1 Å². The molecule has 1 atom stereocenters. The lowest BCUT2D eigenvalue weighted by molar-refractivity contribution is -0.941. The minimum absolute atomic E-state index is 0.0252. The molecule has 0 spiro atoms. The van der Waals surface area contributed by atoms with Crippen LogP contribution in [0, 0.1) is 5.92 Å². The van der Waals surface area contributed by atoms with Crippen LogP contribution in [-0.2, 0) is 11.3 Å². The predicted octanol–water partition coefficient (Wildman–Crippen LogP) is 4.22. The van der Waals surface area contributed by atoms with Crippen LogP contribution in [0.5, 0.6) is 0 Å².